The van der Waals surface area contributed by atoms with Crippen LogP contribution in [0.15, 0.2) is 17.2 Å². The van der Waals surface area contributed by atoms with Gasteiger partial charge in [0.15, 0.2) is 0 Å². The monoisotopic (exact) mass is 139 g/mol. The minimum atomic E-state index is -0.133. The highest BCUT2D eigenvalue weighted by Gasteiger charge is 1.88. The fourth-order valence-corrected chi connectivity index (χ4v) is 0.646. The van der Waals surface area contributed by atoms with Crippen LogP contribution in [0.4, 0.5) is 5.82 Å². The van der Waals surface area contributed by atoms with Crippen LogP contribution in [0.2, 0.25) is 0 Å². The van der Waals surface area contributed by atoms with Crippen LogP contribution in [-0.4, -0.2) is 16.5 Å². The van der Waals surface area contributed by atoms with Crippen molar-refractivity contribution in [1.29, 1.82) is 0 Å². The number of hydrogen-bond donors (Lipinski definition) is 2. The largest absolute Gasteiger partial charge is 0.370 e. The zero-order valence-electron chi connectivity index (χ0n) is 5.72. The van der Waals surface area contributed by atoms with E-state index in [0.717, 1.165) is 6.54 Å². The zero-order valence-corrected chi connectivity index (χ0v) is 5.72. The summed E-state index contributed by atoms with van der Waals surface area (Å²) in [5.74, 6) is 0.617. The summed E-state index contributed by atoms with van der Waals surface area (Å²) >= 11 is 0. The summed E-state index contributed by atoms with van der Waals surface area (Å²) in [6.07, 6.45) is 1.38. The molecule has 4 nitrogen and oxygen atoms in total. The molecule has 0 unspecified atom stereocenters. The lowest BCUT2D eigenvalue weighted by Gasteiger charge is -1.97. The molecule has 0 aliphatic carbocycles. The Morgan fingerprint density at radius 2 is 2.60 bits per heavy atom. The van der Waals surface area contributed by atoms with E-state index in [-0.39, 0.29) is 5.56 Å². The maximum atomic E-state index is 10.6. The van der Waals surface area contributed by atoms with Gasteiger partial charge in [0.1, 0.15) is 5.82 Å². The van der Waals surface area contributed by atoms with Crippen LogP contribution < -0.4 is 10.9 Å². The zero-order chi connectivity index (χ0) is 7.40. The van der Waals surface area contributed by atoms with Gasteiger partial charge in [-0.05, 0) is 6.92 Å². The van der Waals surface area contributed by atoms with Crippen molar-refractivity contribution in [3.8, 4) is 0 Å². The molecule has 0 radical (unpaired) electrons. The Balaban J connectivity index is 2.85. The molecule has 0 saturated carbocycles. The van der Waals surface area contributed by atoms with Crippen LogP contribution >= 0.6 is 0 Å². The third-order valence-corrected chi connectivity index (χ3v) is 1.04. The third kappa shape index (κ3) is 1.58. The van der Waals surface area contributed by atoms with Crippen molar-refractivity contribution in [2.24, 2.45) is 0 Å². The summed E-state index contributed by atoms with van der Waals surface area (Å²) in [7, 11) is 0. The van der Waals surface area contributed by atoms with Crippen molar-refractivity contribution < 1.29 is 0 Å². The Morgan fingerprint density at radius 1 is 1.80 bits per heavy atom. The van der Waals surface area contributed by atoms with Crippen LogP contribution in [0, 0.1) is 0 Å². The number of nitrogens with one attached hydrogen (secondary N) is 2. The number of rotatable bonds is 2. The van der Waals surface area contributed by atoms with Crippen molar-refractivity contribution in [3.05, 3.63) is 22.7 Å². The molecule has 0 fully saturated rings. The van der Waals surface area contributed by atoms with Gasteiger partial charge in [0.05, 0.1) is 6.33 Å². The first-order valence-electron chi connectivity index (χ1n) is 3.11. The summed E-state index contributed by atoms with van der Waals surface area (Å²) in [5.41, 5.74) is -0.133. The molecular weight excluding hydrogens is 130 g/mol. The molecule has 1 heterocycles. The summed E-state index contributed by atoms with van der Waals surface area (Å²) in [6.45, 7) is 2.72. The lowest BCUT2D eigenvalue weighted by molar-refractivity contribution is 1.08. The first kappa shape index (κ1) is 6.80. The van der Waals surface area contributed by atoms with Gasteiger partial charge in [-0.2, -0.15) is 0 Å². The molecule has 4 heteroatoms. The van der Waals surface area contributed by atoms with Crippen molar-refractivity contribution in [1.82, 2.24) is 9.97 Å². The Kier molecular flexibility index (Phi) is 2.04. The number of aromatic amines is 1. The summed E-state index contributed by atoms with van der Waals surface area (Å²) in [5, 5.41) is 2.92. The van der Waals surface area contributed by atoms with Gasteiger partial charge in [-0.25, -0.2) is 4.98 Å². The maximum absolute atomic E-state index is 10.6. The predicted octanol–water partition coefficient (Wildman–Crippen LogP) is 0.202. The molecule has 1 aromatic heterocycles. The molecule has 0 atom stereocenters. The minimum Gasteiger partial charge on any atom is -0.370 e. The summed E-state index contributed by atoms with van der Waals surface area (Å²) < 4.78 is 0. The van der Waals surface area contributed by atoms with E-state index in [0.29, 0.717) is 5.82 Å². The molecule has 0 aliphatic rings. The van der Waals surface area contributed by atoms with E-state index in [9.17, 15) is 4.79 Å². The van der Waals surface area contributed by atoms with E-state index >= 15 is 0 Å². The smallest absolute Gasteiger partial charge is 0.252 e. The topological polar surface area (TPSA) is 57.8 Å². The van der Waals surface area contributed by atoms with E-state index in [1.54, 1.807) is 0 Å². The van der Waals surface area contributed by atoms with Gasteiger partial charge in [0, 0.05) is 12.6 Å². The molecule has 0 aliphatic heterocycles. The fraction of sp³-hybridized carbons (Fsp3) is 0.333. The quantitative estimate of drug-likeness (QED) is 0.615. The van der Waals surface area contributed by atoms with E-state index in [1.165, 1.54) is 12.4 Å². The highest BCUT2D eigenvalue weighted by molar-refractivity contribution is 5.30. The first-order valence-corrected chi connectivity index (χ1v) is 3.11. The van der Waals surface area contributed by atoms with Crippen LogP contribution in [-0.2, 0) is 0 Å². The molecule has 0 spiro atoms. The predicted molar refractivity (Wildman–Crippen MR) is 39.0 cm³/mol. The Bertz CT molecular complexity index is 255. The second kappa shape index (κ2) is 3.00. The lowest BCUT2D eigenvalue weighted by atomic mass is 10.5. The van der Waals surface area contributed by atoms with Gasteiger partial charge in [-0.3, -0.25) is 4.79 Å². The number of H-pyrrole nitrogens is 1. The van der Waals surface area contributed by atoms with Gasteiger partial charge in [0.25, 0.3) is 5.56 Å². The molecule has 1 aromatic rings. The summed E-state index contributed by atoms with van der Waals surface area (Å²) in [6, 6.07) is 1.42. The van der Waals surface area contributed by atoms with Crippen LogP contribution in [0.25, 0.3) is 0 Å². The molecular formula is C6H9N3O. The lowest BCUT2D eigenvalue weighted by Crippen LogP contribution is -2.08. The van der Waals surface area contributed by atoms with Crippen molar-refractivity contribution in [2.75, 3.05) is 11.9 Å². The second-order valence-corrected chi connectivity index (χ2v) is 1.83. The van der Waals surface area contributed by atoms with E-state index in [2.05, 4.69) is 15.3 Å². The standard InChI is InChI=1S/C6H9N3O/c1-2-7-5-3-6(10)9-4-8-5/h3-4H,2H2,1H3,(H2,7,8,9,10). The SMILES string of the molecule is CCNc1cc(=O)[nH]cn1. The van der Waals surface area contributed by atoms with Crippen molar-refractivity contribution >= 4 is 5.82 Å². The van der Waals surface area contributed by atoms with Gasteiger partial charge in [-0.15, -0.1) is 0 Å². The normalized spacial score (nSPS) is 9.30. The Labute approximate surface area is 58.3 Å². The molecule has 1 rings (SSSR count). The van der Waals surface area contributed by atoms with Crippen LogP contribution in [0.1, 0.15) is 6.92 Å². The number of nitrogens with zero attached hydrogens (tertiary/aromatic N) is 1. The Morgan fingerprint density at radius 3 is 3.20 bits per heavy atom. The van der Waals surface area contributed by atoms with Gasteiger partial charge >= 0.3 is 0 Å². The highest BCUT2D eigenvalue weighted by atomic mass is 16.1. The second-order valence-electron chi connectivity index (χ2n) is 1.83. The van der Waals surface area contributed by atoms with Gasteiger partial charge in [0.2, 0.25) is 0 Å². The average Bonchev–Trinajstić information content (AvgIpc) is 1.88. The molecule has 0 amide bonds. The number of aromatic nitrogens is 2. The average molecular weight is 139 g/mol. The van der Waals surface area contributed by atoms with Crippen molar-refractivity contribution in [2.45, 2.75) is 6.92 Å². The van der Waals surface area contributed by atoms with E-state index < -0.39 is 0 Å². The minimum absolute atomic E-state index is 0.133. The van der Waals surface area contributed by atoms with Gasteiger partial charge < -0.3 is 10.3 Å². The molecule has 2 N–H and O–H groups in total. The first-order chi connectivity index (χ1) is 4.83. The molecule has 10 heavy (non-hydrogen) atoms. The highest BCUT2D eigenvalue weighted by Crippen LogP contribution is 1.91. The third-order valence-electron chi connectivity index (χ3n) is 1.04. The summed E-state index contributed by atoms with van der Waals surface area (Å²) in [4.78, 5) is 16.9. The van der Waals surface area contributed by atoms with Crippen LogP contribution in [0.5, 0.6) is 0 Å². The Hall–Kier alpha value is -1.32. The molecule has 54 valence electrons. The maximum Gasteiger partial charge on any atom is 0.252 e. The van der Waals surface area contributed by atoms with E-state index in [4.69, 9.17) is 0 Å². The molecule has 0 aromatic carbocycles. The molecule has 0 bridgehead atoms. The number of hydrogen-bond acceptors (Lipinski definition) is 3. The van der Waals surface area contributed by atoms with Crippen LogP contribution in [0.3, 0.4) is 0 Å². The van der Waals surface area contributed by atoms with E-state index in [1.807, 2.05) is 6.92 Å². The fourth-order valence-electron chi connectivity index (χ4n) is 0.646. The van der Waals surface area contributed by atoms with Gasteiger partial charge in [-0.1, -0.05) is 0 Å². The number of anilines is 1. The molecule has 0 saturated heterocycles. The van der Waals surface area contributed by atoms with Crippen molar-refractivity contribution in [3.63, 3.8) is 0 Å².